The molecule has 3 aromatic rings. The van der Waals surface area contributed by atoms with Gasteiger partial charge in [-0.1, -0.05) is 11.6 Å². The summed E-state index contributed by atoms with van der Waals surface area (Å²) in [6.07, 6.45) is 8.40. The molecule has 0 saturated heterocycles. The summed E-state index contributed by atoms with van der Waals surface area (Å²) in [6.45, 7) is 2.38. The highest BCUT2D eigenvalue weighted by molar-refractivity contribution is 9.10. The summed E-state index contributed by atoms with van der Waals surface area (Å²) in [7, 11) is 0. The van der Waals surface area contributed by atoms with Gasteiger partial charge in [-0.25, -0.2) is 19.3 Å². The number of hydrazone groups is 1. The summed E-state index contributed by atoms with van der Waals surface area (Å²) < 4.78 is 20.9. The number of hydrogen-bond acceptors (Lipinski definition) is 7. The van der Waals surface area contributed by atoms with Crippen LogP contribution in [0.5, 0.6) is 5.75 Å². The van der Waals surface area contributed by atoms with Gasteiger partial charge in [0.15, 0.2) is 17.4 Å². The maximum absolute atomic E-state index is 14.6. The normalized spacial score (nSPS) is 13.7. The zero-order valence-electron chi connectivity index (χ0n) is 15.7. The molecule has 0 unspecified atom stereocenters. The molecule has 1 aliphatic rings. The first-order valence-electron chi connectivity index (χ1n) is 8.88. The first-order chi connectivity index (χ1) is 14.5. The Morgan fingerprint density at radius 3 is 2.93 bits per heavy atom. The number of aromatic nitrogens is 3. The molecule has 0 fully saturated rings. The minimum atomic E-state index is -0.518. The van der Waals surface area contributed by atoms with Crippen LogP contribution in [-0.2, 0) is 0 Å². The van der Waals surface area contributed by atoms with E-state index in [1.807, 2.05) is 13.0 Å². The second kappa shape index (κ2) is 8.76. The molecule has 1 aromatic carbocycles. The third kappa shape index (κ3) is 4.42. The second-order valence-electron chi connectivity index (χ2n) is 6.14. The van der Waals surface area contributed by atoms with E-state index in [1.165, 1.54) is 12.4 Å². The Hall–Kier alpha value is -3.04. The SMILES string of the molecule is C/C=N\N1C=CC(Oc2ccc(Nc3ncnc4cc(Br)c(Cl)nc34)cc2F)=CC1. The fourth-order valence-electron chi connectivity index (χ4n) is 2.74. The van der Waals surface area contributed by atoms with E-state index in [4.69, 9.17) is 16.3 Å². The number of rotatable bonds is 5. The molecule has 0 saturated carbocycles. The fraction of sp³-hybridized carbons (Fsp3) is 0.100. The summed E-state index contributed by atoms with van der Waals surface area (Å²) in [6, 6.07) is 6.30. The van der Waals surface area contributed by atoms with Gasteiger partial charge in [-0.15, -0.1) is 0 Å². The Morgan fingerprint density at radius 1 is 1.33 bits per heavy atom. The lowest BCUT2D eigenvalue weighted by atomic mass is 10.2. The number of fused-ring (bicyclic) bond motifs is 1. The highest BCUT2D eigenvalue weighted by Gasteiger charge is 2.12. The van der Waals surface area contributed by atoms with E-state index in [2.05, 4.69) is 41.3 Å². The standard InChI is InChI=1S/C20H15BrClFN6O/c1-2-26-29-7-5-13(6-8-29)30-17-4-3-12(9-15(17)23)27-20-18-16(24-11-25-20)10-14(21)19(22)28-18/h2-7,9-11H,8H2,1H3,(H,24,25,27)/b26-2-. The molecule has 152 valence electrons. The molecule has 0 aliphatic carbocycles. The third-order valence-corrected chi connectivity index (χ3v) is 5.22. The van der Waals surface area contributed by atoms with Crippen LogP contribution in [0.25, 0.3) is 11.0 Å². The molecule has 4 rings (SSSR count). The first kappa shape index (κ1) is 20.2. The average Bonchev–Trinajstić information content (AvgIpc) is 2.73. The number of ether oxygens (including phenoxy) is 1. The minimum absolute atomic E-state index is 0.113. The van der Waals surface area contributed by atoms with Gasteiger partial charge in [0.25, 0.3) is 0 Å². The topological polar surface area (TPSA) is 75.5 Å². The number of nitrogens with zero attached hydrogens (tertiary/aromatic N) is 5. The number of pyridine rings is 1. The van der Waals surface area contributed by atoms with Crippen molar-refractivity contribution in [3.8, 4) is 5.75 Å². The number of benzene rings is 1. The smallest absolute Gasteiger partial charge is 0.167 e. The summed E-state index contributed by atoms with van der Waals surface area (Å²) in [5.41, 5.74) is 1.56. The van der Waals surface area contributed by atoms with Crippen LogP contribution >= 0.6 is 27.5 Å². The summed E-state index contributed by atoms with van der Waals surface area (Å²) in [5.74, 6) is 0.553. The monoisotopic (exact) mass is 488 g/mol. The highest BCUT2D eigenvalue weighted by atomic mass is 79.9. The van der Waals surface area contributed by atoms with Gasteiger partial charge in [-0.3, -0.25) is 5.01 Å². The highest BCUT2D eigenvalue weighted by Crippen LogP contribution is 2.30. The Balaban J connectivity index is 1.53. The second-order valence-corrected chi connectivity index (χ2v) is 7.35. The molecule has 1 N–H and O–H groups in total. The summed E-state index contributed by atoms with van der Waals surface area (Å²) in [4.78, 5) is 12.7. The van der Waals surface area contributed by atoms with Crippen LogP contribution < -0.4 is 10.1 Å². The first-order valence-corrected chi connectivity index (χ1v) is 10.1. The van der Waals surface area contributed by atoms with Crippen LogP contribution in [0, 0.1) is 5.82 Å². The third-order valence-electron chi connectivity index (χ3n) is 4.10. The maximum atomic E-state index is 14.6. The van der Waals surface area contributed by atoms with Crippen molar-refractivity contribution in [1.82, 2.24) is 20.0 Å². The largest absolute Gasteiger partial charge is 0.454 e. The number of nitrogens with one attached hydrogen (secondary N) is 1. The molecule has 10 heteroatoms. The molecule has 1 aliphatic heterocycles. The van der Waals surface area contributed by atoms with E-state index >= 15 is 0 Å². The van der Waals surface area contributed by atoms with Gasteiger partial charge in [0, 0.05) is 24.2 Å². The number of hydrogen-bond donors (Lipinski definition) is 1. The van der Waals surface area contributed by atoms with Crippen LogP contribution in [0.15, 0.2) is 64.3 Å². The predicted molar refractivity (Wildman–Crippen MR) is 118 cm³/mol. The minimum Gasteiger partial charge on any atom is -0.454 e. The predicted octanol–water partition coefficient (Wildman–Crippen LogP) is 5.42. The van der Waals surface area contributed by atoms with Crippen molar-refractivity contribution >= 4 is 56.3 Å². The van der Waals surface area contributed by atoms with Crippen LogP contribution in [0.1, 0.15) is 6.92 Å². The maximum Gasteiger partial charge on any atom is 0.167 e. The molecule has 0 radical (unpaired) electrons. The van der Waals surface area contributed by atoms with Crippen molar-refractivity contribution in [2.45, 2.75) is 6.92 Å². The average molecular weight is 490 g/mol. The van der Waals surface area contributed by atoms with Crippen molar-refractivity contribution in [2.24, 2.45) is 5.10 Å². The Morgan fingerprint density at radius 2 is 2.20 bits per heavy atom. The van der Waals surface area contributed by atoms with E-state index < -0.39 is 5.82 Å². The lowest BCUT2D eigenvalue weighted by Gasteiger charge is -2.17. The lowest BCUT2D eigenvalue weighted by molar-refractivity contribution is 0.380. The quantitative estimate of drug-likeness (QED) is 0.381. The van der Waals surface area contributed by atoms with Crippen LogP contribution in [-0.4, -0.2) is 32.7 Å². The van der Waals surface area contributed by atoms with Crippen LogP contribution in [0.3, 0.4) is 0 Å². The molecule has 7 nitrogen and oxygen atoms in total. The van der Waals surface area contributed by atoms with Gasteiger partial charge in [0.2, 0.25) is 0 Å². The van der Waals surface area contributed by atoms with Gasteiger partial charge < -0.3 is 10.1 Å². The molecular formula is C20H15BrClFN6O. The van der Waals surface area contributed by atoms with Crippen molar-refractivity contribution in [1.29, 1.82) is 0 Å². The van der Waals surface area contributed by atoms with Gasteiger partial charge in [0.1, 0.15) is 22.8 Å². The summed E-state index contributed by atoms with van der Waals surface area (Å²) in [5, 5.41) is 9.21. The van der Waals surface area contributed by atoms with E-state index in [0.717, 1.165) is 0 Å². The van der Waals surface area contributed by atoms with Crippen LogP contribution in [0.4, 0.5) is 15.9 Å². The number of anilines is 2. The van der Waals surface area contributed by atoms with E-state index in [1.54, 1.807) is 41.7 Å². The number of allylic oxidation sites excluding steroid dienone is 1. The fourth-order valence-corrected chi connectivity index (χ4v) is 3.18. The summed E-state index contributed by atoms with van der Waals surface area (Å²) >= 11 is 9.41. The molecule has 0 amide bonds. The zero-order valence-corrected chi connectivity index (χ0v) is 18.0. The zero-order chi connectivity index (χ0) is 21.1. The van der Waals surface area contributed by atoms with Crippen molar-refractivity contribution in [3.05, 3.63) is 70.1 Å². The molecule has 0 bridgehead atoms. The van der Waals surface area contributed by atoms with E-state index in [9.17, 15) is 4.39 Å². The van der Waals surface area contributed by atoms with Gasteiger partial charge in [-0.2, -0.15) is 5.10 Å². The van der Waals surface area contributed by atoms with Crippen LogP contribution in [0.2, 0.25) is 5.15 Å². The molecule has 0 atom stereocenters. The molecular weight excluding hydrogens is 475 g/mol. The van der Waals surface area contributed by atoms with E-state index in [0.29, 0.717) is 39.3 Å². The number of halogens is 3. The van der Waals surface area contributed by atoms with Crippen molar-refractivity contribution in [2.75, 3.05) is 11.9 Å². The Bertz CT molecular complexity index is 1200. The van der Waals surface area contributed by atoms with Gasteiger partial charge >= 0.3 is 0 Å². The molecule has 0 spiro atoms. The van der Waals surface area contributed by atoms with Gasteiger partial charge in [-0.05, 0) is 53.2 Å². The van der Waals surface area contributed by atoms with Gasteiger partial charge in [0.05, 0.1) is 16.5 Å². The Kier molecular flexibility index (Phi) is 5.91. The van der Waals surface area contributed by atoms with Crippen molar-refractivity contribution < 1.29 is 9.13 Å². The van der Waals surface area contributed by atoms with Crippen molar-refractivity contribution in [3.63, 3.8) is 0 Å². The Labute approximate surface area is 185 Å². The molecule has 30 heavy (non-hydrogen) atoms. The van der Waals surface area contributed by atoms with E-state index in [-0.39, 0.29) is 10.9 Å². The molecule has 2 aromatic heterocycles. The lowest BCUT2D eigenvalue weighted by Crippen LogP contribution is -2.14. The molecule has 3 heterocycles.